The maximum atomic E-state index is 13.8. The Kier molecular flexibility index (Phi) is 9.64. The van der Waals surface area contributed by atoms with Gasteiger partial charge in [-0.15, -0.1) is 0 Å². The van der Waals surface area contributed by atoms with Gasteiger partial charge in [0.1, 0.15) is 12.0 Å². The third kappa shape index (κ3) is 6.12. The van der Waals surface area contributed by atoms with E-state index in [1.54, 1.807) is 12.0 Å². The molecule has 0 bridgehead atoms. The molecule has 0 N–H and O–H groups in total. The predicted octanol–water partition coefficient (Wildman–Crippen LogP) is 7.18. The minimum atomic E-state index is -2.56. The zero-order valence-corrected chi connectivity index (χ0v) is 26.7. The van der Waals surface area contributed by atoms with E-state index in [-0.39, 0.29) is 0 Å². The van der Waals surface area contributed by atoms with Gasteiger partial charge in [-0.3, -0.25) is 0 Å². The number of hydrogen-bond donors (Lipinski definition) is 0. The highest BCUT2D eigenvalue weighted by molar-refractivity contribution is 7.95. The fourth-order valence-corrected chi connectivity index (χ4v) is 13.7. The molecule has 0 saturated carbocycles. The summed E-state index contributed by atoms with van der Waals surface area (Å²) in [5.41, 5.74) is 0. The Morgan fingerprint density at radius 1 is 0.341 bits per heavy atom. The lowest BCUT2D eigenvalue weighted by Gasteiger charge is -2.27. The van der Waals surface area contributed by atoms with Gasteiger partial charge in [-0.25, -0.2) is 0 Å². The van der Waals surface area contributed by atoms with E-state index < -0.39 is 22.0 Å². The van der Waals surface area contributed by atoms with Crippen LogP contribution in [0.15, 0.2) is 182 Å². The van der Waals surface area contributed by atoms with Crippen molar-refractivity contribution in [3.05, 3.63) is 182 Å². The van der Waals surface area contributed by atoms with E-state index in [2.05, 4.69) is 72.8 Å². The Morgan fingerprint density at radius 2 is 0.523 bits per heavy atom. The van der Waals surface area contributed by atoms with Crippen LogP contribution in [0.3, 0.4) is 0 Å². The molecule has 0 atom stereocenters. The molecular formula is C38H32O3P3+. The van der Waals surface area contributed by atoms with Crippen molar-refractivity contribution in [3.8, 4) is 0 Å². The van der Waals surface area contributed by atoms with Crippen LogP contribution in [0.2, 0.25) is 0 Å². The monoisotopic (exact) mass is 629 g/mol. The first-order valence-corrected chi connectivity index (χ1v) is 19.2. The Morgan fingerprint density at radius 3 is 0.705 bits per heavy atom. The minimum Gasteiger partial charge on any atom is -0.0868 e. The van der Waals surface area contributed by atoms with Crippen LogP contribution in [0, 0.1) is 0 Å². The lowest BCUT2D eigenvalue weighted by Crippen LogP contribution is -2.27. The molecule has 0 unspecified atom stereocenters. The Balaban J connectivity index is 1.49. The van der Waals surface area contributed by atoms with E-state index in [4.69, 9.17) is 9.05 Å². The molecule has 0 aliphatic carbocycles. The first kappa shape index (κ1) is 30.0. The van der Waals surface area contributed by atoms with Crippen LogP contribution in [-0.4, -0.2) is 12.0 Å². The van der Waals surface area contributed by atoms with Crippen LogP contribution in [0.4, 0.5) is 0 Å². The molecule has 0 aliphatic rings. The molecule has 216 valence electrons. The number of rotatable bonds is 10. The summed E-state index contributed by atoms with van der Waals surface area (Å²) in [6.07, 6.45) is 0. The molecule has 0 saturated heterocycles. The second-order valence-electron chi connectivity index (χ2n) is 10.1. The average molecular weight is 630 g/mol. The molecule has 0 fully saturated rings. The average Bonchev–Trinajstić information content (AvgIpc) is 3.12. The molecule has 0 radical (unpaired) electrons. The van der Waals surface area contributed by atoms with Gasteiger partial charge in [-0.1, -0.05) is 191 Å². The van der Waals surface area contributed by atoms with Gasteiger partial charge >= 0.3 is 8.25 Å². The lowest BCUT2D eigenvalue weighted by atomic mass is 10.4. The van der Waals surface area contributed by atoms with Gasteiger partial charge < -0.3 is 0 Å². The minimum absolute atomic E-state index is 1.10. The van der Waals surface area contributed by atoms with Crippen LogP contribution < -0.4 is 31.8 Å². The van der Waals surface area contributed by atoms with E-state index in [1.165, 1.54) is 0 Å². The molecule has 3 nitrogen and oxygen atoms in total. The third-order valence-electron chi connectivity index (χ3n) is 7.56. The van der Waals surface area contributed by atoms with Gasteiger partial charge in [-0.2, -0.15) is 0 Å². The van der Waals surface area contributed by atoms with E-state index in [9.17, 15) is 4.57 Å². The zero-order chi connectivity index (χ0) is 30.1. The van der Waals surface area contributed by atoms with E-state index >= 15 is 0 Å². The van der Waals surface area contributed by atoms with Crippen molar-refractivity contribution >= 4 is 65.8 Å². The molecular weight excluding hydrogens is 597 g/mol. The summed E-state index contributed by atoms with van der Waals surface area (Å²) in [4.78, 5) is 0. The van der Waals surface area contributed by atoms with E-state index in [0.717, 1.165) is 31.8 Å². The summed E-state index contributed by atoms with van der Waals surface area (Å²) >= 11 is 0. The fraction of sp³-hybridized carbons (Fsp3) is 0. The van der Waals surface area contributed by atoms with Crippen molar-refractivity contribution in [2.24, 2.45) is 0 Å². The van der Waals surface area contributed by atoms with Gasteiger partial charge in [0.25, 0.3) is 0 Å². The molecule has 0 aromatic heterocycles. The van der Waals surface area contributed by atoms with Crippen molar-refractivity contribution in [2.45, 2.75) is 0 Å². The molecule has 0 spiro atoms. The molecule has 6 heteroatoms. The van der Waals surface area contributed by atoms with Crippen molar-refractivity contribution in [1.29, 1.82) is 0 Å². The summed E-state index contributed by atoms with van der Waals surface area (Å²) in [7, 11) is -2.56. The molecule has 6 aromatic carbocycles. The summed E-state index contributed by atoms with van der Waals surface area (Å²) in [6.45, 7) is -4.92. The Hall–Kier alpha value is -4.06. The Labute approximate surface area is 260 Å². The molecule has 6 aromatic rings. The smallest absolute Gasteiger partial charge is 0.0868 e. The van der Waals surface area contributed by atoms with Gasteiger partial charge in [0.15, 0.2) is 0 Å². The van der Waals surface area contributed by atoms with Crippen LogP contribution in [-0.2, 0) is 13.6 Å². The molecule has 44 heavy (non-hydrogen) atoms. The van der Waals surface area contributed by atoms with Crippen LogP contribution in [0.5, 0.6) is 0 Å². The van der Waals surface area contributed by atoms with Gasteiger partial charge in [0, 0.05) is 18.3 Å². The second kappa shape index (κ2) is 14.1. The van der Waals surface area contributed by atoms with Crippen LogP contribution >= 0.6 is 22.0 Å². The lowest BCUT2D eigenvalue weighted by molar-refractivity contribution is 0.427. The normalized spacial score (nSPS) is 11.5. The first-order valence-electron chi connectivity index (χ1n) is 14.3. The summed E-state index contributed by atoms with van der Waals surface area (Å²) in [5, 5.41) is 6.61. The van der Waals surface area contributed by atoms with Crippen molar-refractivity contribution in [2.75, 3.05) is 0 Å². The predicted molar refractivity (Wildman–Crippen MR) is 192 cm³/mol. The second-order valence-corrected chi connectivity index (χ2v) is 17.4. The molecule has 0 aliphatic heterocycles. The fourth-order valence-electron chi connectivity index (χ4n) is 5.48. The van der Waals surface area contributed by atoms with Crippen molar-refractivity contribution in [3.63, 3.8) is 0 Å². The topological polar surface area (TPSA) is 35.5 Å². The van der Waals surface area contributed by atoms with Crippen LogP contribution in [0.1, 0.15) is 0 Å². The zero-order valence-electron chi connectivity index (χ0n) is 24.0. The SMILES string of the molecule is O=[P+](OC=P(c1ccccc1)(c1ccccc1)c1ccccc1)OC=P(c1ccccc1)(c1ccccc1)c1ccccc1. The van der Waals surface area contributed by atoms with Crippen molar-refractivity contribution in [1.82, 2.24) is 0 Å². The third-order valence-corrected chi connectivity index (χ3v) is 16.0. The maximum absolute atomic E-state index is 13.8. The maximum Gasteiger partial charge on any atom is 0.707 e. The molecule has 0 amide bonds. The highest BCUT2D eigenvalue weighted by Crippen LogP contribution is 2.47. The van der Waals surface area contributed by atoms with E-state index in [0.29, 0.717) is 0 Å². The summed E-state index contributed by atoms with van der Waals surface area (Å²) in [5.74, 6) is 3.57. The largest absolute Gasteiger partial charge is 0.707 e. The van der Waals surface area contributed by atoms with Crippen LogP contribution in [0.25, 0.3) is 0 Å². The molecule has 6 rings (SSSR count). The van der Waals surface area contributed by atoms with Gasteiger partial charge in [0.05, 0.1) is 0 Å². The van der Waals surface area contributed by atoms with Gasteiger partial charge in [0.2, 0.25) is 0 Å². The van der Waals surface area contributed by atoms with Gasteiger partial charge in [-0.05, 0) is 31.8 Å². The molecule has 0 heterocycles. The number of benzene rings is 6. The standard InChI is InChI=1S/C38H32O3P3/c39-42(40-31-43(33-19-7-1-8-20-33,34-21-9-2-10-22-34)35-23-11-3-12-24-35)41-32-44(36-25-13-4-14-26-36,37-27-15-5-16-28-37)38-29-17-6-18-30-38/h1-32H/q+1. The summed E-state index contributed by atoms with van der Waals surface area (Å²) in [6, 6.07) is 61.8. The number of hydrogen-bond acceptors (Lipinski definition) is 3. The van der Waals surface area contributed by atoms with Crippen molar-refractivity contribution < 1.29 is 13.6 Å². The highest BCUT2D eigenvalue weighted by Gasteiger charge is 2.32. The quantitative estimate of drug-likeness (QED) is 0.151. The van der Waals surface area contributed by atoms with E-state index in [1.807, 2.05) is 109 Å². The Bertz CT molecular complexity index is 1560. The highest BCUT2D eigenvalue weighted by atomic mass is 31.2. The summed E-state index contributed by atoms with van der Waals surface area (Å²) < 4.78 is 26.1. The first-order chi connectivity index (χ1) is 21.7.